The van der Waals surface area contributed by atoms with Crippen LogP contribution in [0.3, 0.4) is 0 Å². The number of methoxy groups -OCH3 is 1. The minimum Gasteiger partial charge on any atom is -0.497 e. The molecule has 8 nitrogen and oxygen atoms in total. The Bertz CT molecular complexity index is 1330. The van der Waals surface area contributed by atoms with Gasteiger partial charge in [0.1, 0.15) is 12.3 Å². The molecule has 178 valence electrons. The van der Waals surface area contributed by atoms with Gasteiger partial charge in [-0.2, -0.15) is 0 Å². The molecule has 4 rings (SSSR count). The fourth-order valence-electron chi connectivity index (χ4n) is 3.45. The van der Waals surface area contributed by atoms with Crippen molar-refractivity contribution in [2.45, 2.75) is 0 Å². The van der Waals surface area contributed by atoms with Crippen molar-refractivity contribution in [2.24, 2.45) is 0 Å². The van der Waals surface area contributed by atoms with Crippen molar-refractivity contribution < 1.29 is 18.7 Å². The Morgan fingerprint density at radius 1 is 1.20 bits per heavy atom. The summed E-state index contributed by atoms with van der Waals surface area (Å²) in [6, 6.07) is 17.8. The average Bonchev–Trinajstić information content (AvgIpc) is 3.54. The van der Waals surface area contributed by atoms with Gasteiger partial charge >= 0.3 is 0 Å². The molecule has 1 N–H and O–H groups in total. The molecule has 2 amide bonds. The van der Waals surface area contributed by atoms with Gasteiger partial charge in [-0.3, -0.25) is 19.5 Å². The number of carbonyl (C=O) groups is 2. The van der Waals surface area contributed by atoms with Crippen LogP contribution in [-0.4, -0.2) is 46.5 Å². The highest BCUT2D eigenvalue weighted by atomic mass is 35.5. The number of rotatable bonds is 9. The third-order valence-corrected chi connectivity index (χ3v) is 5.38. The van der Waals surface area contributed by atoms with E-state index in [0.29, 0.717) is 16.5 Å². The summed E-state index contributed by atoms with van der Waals surface area (Å²) < 4.78 is 12.3. The van der Waals surface area contributed by atoms with Gasteiger partial charge in [0.2, 0.25) is 11.9 Å². The number of halogens is 1. The number of ether oxygens (including phenoxy) is 1. The fraction of sp³-hybridized carbons (Fsp3) is 0.115. The van der Waals surface area contributed by atoms with Gasteiger partial charge in [-0.1, -0.05) is 35.9 Å². The summed E-state index contributed by atoms with van der Waals surface area (Å²) >= 11 is 6.03. The number of nitrogens with zero attached hydrogens (tertiary/aromatic N) is 3. The first-order chi connectivity index (χ1) is 17.0. The second kappa shape index (κ2) is 10.8. The van der Waals surface area contributed by atoms with Crippen LogP contribution in [-0.2, 0) is 4.79 Å². The van der Waals surface area contributed by atoms with E-state index in [1.165, 1.54) is 11.2 Å². The molecule has 2 heterocycles. The Labute approximate surface area is 207 Å². The number of aromatic nitrogens is 2. The molecule has 0 spiro atoms. The molecule has 4 aromatic rings. The van der Waals surface area contributed by atoms with Crippen LogP contribution in [0, 0.1) is 0 Å². The Morgan fingerprint density at radius 3 is 2.69 bits per heavy atom. The predicted octanol–water partition coefficient (Wildman–Crippen LogP) is 5.06. The molecule has 0 aliphatic heterocycles. The van der Waals surface area contributed by atoms with Crippen LogP contribution < -0.4 is 10.1 Å². The first-order valence-corrected chi connectivity index (χ1v) is 11.1. The van der Waals surface area contributed by atoms with E-state index in [9.17, 15) is 9.59 Å². The second-order valence-corrected chi connectivity index (χ2v) is 7.96. The number of benzene rings is 2. The zero-order chi connectivity index (χ0) is 24.8. The van der Waals surface area contributed by atoms with Crippen LogP contribution in [0.5, 0.6) is 5.75 Å². The third-order valence-electron chi connectivity index (χ3n) is 5.13. The summed E-state index contributed by atoms with van der Waals surface area (Å²) in [5, 5.41) is 3.43. The van der Waals surface area contributed by atoms with Gasteiger partial charge in [0, 0.05) is 29.4 Å². The maximum Gasteiger partial charge on any atom is 0.290 e. The highest BCUT2D eigenvalue weighted by molar-refractivity contribution is 6.30. The largest absolute Gasteiger partial charge is 0.497 e. The average molecular weight is 491 g/mol. The normalized spacial score (nSPS) is 10.6. The van der Waals surface area contributed by atoms with Gasteiger partial charge in [-0.05, 0) is 36.4 Å². The minimum atomic E-state index is -0.427. The molecule has 0 radical (unpaired) electrons. The van der Waals surface area contributed by atoms with Crippen LogP contribution in [0.25, 0.3) is 16.9 Å². The van der Waals surface area contributed by atoms with Gasteiger partial charge in [0.25, 0.3) is 5.91 Å². The Morgan fingerprint density at radius 2 is 2.00 bits per heavy atom. The van der Waals surface area contributed by atoms with E-state index in [1.807, 2.05) is 42.6 Å². The van der Waals surface area contributed by atoms with Gasteiger partial charge in [-0.25, -0.2) is 4.98 Å². The number of nitrogens with one attached hydrogen (secondary N) is 1. The van der Waals surface area contributed by atoms with Gasteiger partial charge < -0.3 is 14.1 Å². The minimum absolute atomic E-state index is 0.141. The second-order valence-electron chi connectivity index (χ2n) is 7.53. The topological polar surface area (TPSA) is 89.6 Å². The van der Waals surface area contributed by atoms with Crippen molar-refractivity contribution >= 4 is 29.4 Å². The zero-order valence-corrected chi connectivity index (χ0v) is 19.7. The maximum absolute atomic E-state index is 13.0. The van der Waals surface area contributed by atoms with E-state index in [1.54, 1.807) is 42.0 Å². The molecular formula is C26H23ClN4O4. The summed E-state index contributed by atoms with van der Waals surface area (Å²) in [7, 11) is 1.58. The number of furan rings is 1. The summed E-state index contributed by atoms with van der Waals surface area (Å²) in [4.78, 5) is 31.7. The maximum atomic E-state index is 13.0. The lowest BCUT2D eigenvalue weighted by molar-refractivity contribution is -0.116. The molecule has 0 saturated carbocycles. The smallest absolute Gasteiger partial charge is 0.290 e. The van der Waals surface area contributed by atoms with Crippen LogP contribution in [0.4, 0.5) is 5.95 Å². The molecule has 35 heavy (non-hydrogen) atoms. The molecule has 2 aromatic heterocycles. The van der Waals surface area contributed by atoms with Gasteiger partial charge in [0.15, 0.2) is 5.76 Å². The van der Waals surface area contributed by atoms with E-state index < -0.39 is 11.8 Å². The van der Waals surface area contributed by atoms with E-state index in [4.69, 9.17) is 20.8 Å². The van der Waals surface area contributed by atoms with Crippen molar-refractivity contribution in [2.75, 3.05) is 25.5 Å². The predicted molar refractivity (Wildman–Crippen MR) is 134 cm³/mol. The first-order valence-electron chi connectivity index (χ1n) is 10.7. The standard InChI is InChI=1S/C26H23ClN4O4/c1-3-13-30(25(33)23-8-5-14-35-23)17-24(32)29-26-28-22(18-9-11-19(27)12-10-18)16-31(26)20-6-4-7-21(15-20)34-2/h3-12,14-16H,1,13,17H2,2H3,(H,28,29,32). The number of amides is 2. The van der Waals surface area contributed by atoms with Crippen molar-refractivity contribution in [3.05, 3.63) is 96.6 Å². The van der Waals surface area contributed by atoms with Crippen molar-refractivity contribution in [1.29, 1.82) is 0 Å². The molecule has 9 heteroatoms. The van der Waals surface area contributed by atoms with E-state index in [-0.39, 0.29) is 24.8 Å². The van der Waals surface area contributed by atoms with Crippen molar-refractivity contribution in [3.8, 4) is 22.7 Å². The van der Waals surface area contributed by atoms with Crippen LogP contribution in [0.2, 0.25) is 5.02 Å². The molecular weight excluding hydrogens is 468 g/mol. The molecule has 0 bridgehead atoms. The monoisotopic (exact) mass is 490 g/mol. The highest BCUT2D eigenvalue weighted by Crippen LogP contribution is 2.27. The third kappa shape index (κ3) is 5.62. The summed E-state index contributed by atoms with van der Waals surface area (Å²) in [6.07, 6.45) is 4.76. The van der Waals surface area contributed by atoms with Crippen LogP contribution >= 0.6 is 11.6 Å². The number of hydrogen-bond acceptors (Lipinski definition) is 5. The Kier molecular flexibility index (Phi) is 7.32. The Balaban J connectivity index is 1.63. The first kappa shape index (κ1) is 23.8. The molecule has 0 aliphatic carbocycles. The van der Waals surface area contributed by atoms with Crippen molar-refractivity contribution in [3.63, 3.8) is 0 Å². The molecule has 0 fully saturated rings. The number of hydrogen-bond donors (Lipinski definition) is 1. The summed E-state index contributed by atoms with van der Waals surface area (Å²) in [6.45, 7) is 3.63. The van der Waals surface area contributed by atoms with Gasteiger partial charge in [0.05, 0.1) is 24.8 Å². The Hall–Kier alpha value is -4.30. The molecule has 0 atom stereocenters. The van der Waals surface area contributed by atoms with Crippen LogP contribution in [0.1, 0.15) is 10.6 Å². The van der Waals surface area contributed by atoms with E-state index in [2.05, 4.69) is 16.9 Å². The zero-order valence-electron chi connectivity index (χ0n) is 19.0. The van der Waals surface area contributed by atoms with Crippen LogP contribution in [0.15, 0.2) is 90.2 Å². The summed E-state index contributed by atoms with van der Waals surface area (Å²) in [5.41, 5.74) is 2.20. The fourth-order valence-corrected chi connectivity index (χ4v) is 3.58. The lowest BCUT2D eigenvalue weighted by Crippen LogP contribution is -2.38. The van der Waals surface area contributed by atoms with E-state index in [0.717, 1.165) is 11.3 Å². The number of imidazole rings is 1. The molecule has 2 aromatic carbocycles. The molecule has 0 saturated heterocycles. The summed E-state index contributed by atoms with van der Waals surface area (Å²) in [5.74, 6) is 0.245. The molecule has 0 unspecified atom stereocenters. The highest BCUT2D eigenvalue weighted by Gasteiger charge is 2.21. The lowest BCUT2D eigenvalue weighted by atomic mass is 10.2. The SMILES string of the molecule is C=CCN(CC(=O)Nc1nc(-c2ccc(Cl)cc2)cn1-c1cccc(OC)c1)C(=O)c1ccco1. The lowest BCUT2D eigenvalue weighted by Gasteiger charge is -2.19. The van der Waals surface area contributed by atoms with Crippen molar-refractivity contribution in [1.82, 2.24) is 14.5 Å². The molecule has 0 aliphatic rings. The van der Waals surface area contributed by atoms with E-state index >= 15 is 0 Å². The van der Waals surface area contributed by atoms with Gasteiger partial charge in [-0.15, -0.1) is 6.58 Å². The quantitative estimate of drug-likeness (QED) is 0.331. The number of carbonyl (C=O) groups excluding carboxylic acids is 2. The number of anilines is 1.